The highest BCUT2D eigenvalue weighted by atomic mass is 16.6. The van der Waals surface area contributed by atoms with Crippen molar-refractivity contribution in [1.29, 1.82) is 0 Å². The molecule has 1 aliphatic rings. The van der Waals surface area contributed by atoms with Gasteiger partial charge in [-0.2, -0.15) is 0 Å². The van der Waals surface area contributed by atoms with Crippen molar-refractivity contribution >= 4 is 17.8 Å². The van der Waals surface area contributed by atoms with Gasteiger partial charge < -0.3 is 9.84 Å². The highest BCUT2D eigenvalue weighted by Crippen LogP contribution is 2.22. The Morgan fingerprint density at radius 3 is 2.52 bits per heavy atom. The smallest absolute Gasteiger partial charge is 0.417 e. The molecule has 0 spiro atoms. The summed E-state index contributed by atoms with van der Waals surface area (Å²) in [7, 11) is 0. The van der Waals surface area contributed by atoms with E-state index < -0.39 is 36.0 Å². The second kappa shape index (κ2) is 8.25. The molecule has 1 unspecified atom stereocenters. The summed E-state index contributed by atoms with van der Waals surface area (Å²) in [6, 6.07) is 9.07. The fourth-order valence-corrected chi connectivity index (χ4v) is 3.03. The molecule has 2 rings (SSSR count). The van der Waals surface area contributed by atoms with E-state index >= 15 is 0 Å². The van der Waals surface area contributed by atoms with Crippen molar-refractivity contribution in [3.8, 4) is 0 Å². The first-order valence-corrected chi connectivity index (χ1v) is 8.62. The number of rotatable bonds is 7. The molecule has 1 N–H and O–H groups in total. The van der Waals surface area contributed by atoms with Gasteiger partial charge in [0.25, 0.3) is 0 Å². The fourth-order valence-electron chi connectivity index (χ4n) is 3.03. The third kappa shape index (κ3) is 4.25. The van der Waals surface area contributed by atoms with Crippen molar-refractivity contribution in [1.82, 2.24) is 4.90 Å². The van der Waals surface area contributed by atoms with Gasteiger partial charge in [0.2, 0.25) is 5.91 Å². The zero-order valence-electron chi connectivity index (χ0n) is 14.8. The van der Waals surface area contributed by atoms with Gasteiger partial charge in [-0.05, 0) is 25.3 Å². The molecule has 0 bridgehead atoms. The number of cyclic esters (lactones) is 1. The lowest BCUT2D eigenvalue weighted by atomic mass is 9.89. The summed E-state index contributed by atoms with van der Waals surface area (Å²) >= 11 is 0. The number of ether oxygens (including phenoxy) is 1. The monoisotopic (exact) mass is 347 g/mol. The lowest BCUT2D eigenvalue weighted by Crippen LogP contribution is -2.46. The predicted octanol–water partition coefficient (Wildman–Crippen LogP) is 2.19. The Balaban J connectivity index is 2.11. The number of amides is 2. The van der Waals surface area contributed by atoms with E-state index in [0.29, 0.717) is 12.8 Å². The Morgan fingerprint density at radius 2 is 1.92 bits per heavy atom. The first-order valence-electron chi connectivity index (χ1n) is 8.62. The Hall–Kier alpha value is -2.21. The number of hydrogen-bond donors (Lipinski definition) is 1. The van der Waals surface area contributed by atoms with Gasteiger partial charge >= 0.3 is 6.09 Å². The van der Waals surface area contributed by atoms with Crippen LogP contribution in [0.3, 0.4) is 0 Å². The summed E-state index contributed by atoms with van der Waals surface area (Å²) in [6.45, 7) is 4.97. The van der Waals surface area contributed by atoms with Crippen molar-refractivity contribution in [2.45, 2.75) is 45.8 Å². The second-order valence-corrected chi connectivity index (χ2v) is 6.52. The molecule has 6 nitrogen and oxygen atoms in total. The minimum absolute atomic E-state index is 0.119. The third-order valence-electron chi connectivity index (χ3n) is 4.75. The minimum atomic E-state index is -1.000. The van der Waals surface area contributed by atoms with Gasteiger partial charge in [0.05, 0.1) is 18.1 Å². The van der Waals surface area contributed by atoms with Crippen LogP contribution in [0.25, 0.3) is 0 Å². The van der Waals surface area contributed by atoms with Crippen molar-refractivity contribution in [3.63, 3.8) is 0 Å². The van der Waals surface area contributed by atoms with E-state index in [2.05, 4.69) is 0 Å². The number of Topliss-reactive ketones (excluding diaryl/α,β-unsaturated/α-hetero) is 1. The van der Waals surface area contributed by atoms with E-state index in [1.807, 2.05) is 30.3 Å². The average molecular weight is 347 g/mol. The second-order valence-electron chi connectivity index (χ2n) is 6.52. The predicted molar refractivity (Wildman–Crippen MR) is 91.8 cm³/mol. The van der Waals surface area contributed by atoms with Crippen LogP contribution < -0.4 is 0 Å². The van der Waals surface area contributed by atoms with Crippen LogP contribution in [0.5, 0.6) is 0 Å². The van der Waals surface area contributed by atoms with Crippen LogP contribution >= 0.6 is 0 Å². The minimum Gasteiger partial charge on any atom is -0.447 e. The molecule has 1 saturated heterocycles. The van der Waals surface area contributed by atoms with E-state index in [1.165, 1.54) is 6.92 Å². The maximum Gasteiger partial charge on any atom is 0.417 e. The van der Waals surface area contributed by atoms with Crippen LogP contribution in [0, 0.1) is 11.8 Å². The molecular weight excluding hydrogens is 322 g/mol. The Kier molecular flexibility index (Phi) is 6.31. The standard InChI is InChI=1S/C19H25NO5/c1-4-16(21)12(2)17(22)13(3)18(23)20-15(11-25-19(20)24)10-14-8-6-5-7-9-14/h5-9,12-13,15-16,21H,4,10-11H2,1-3H3/t12-,13-,15?,16+/m0/s1. The van der Waals surface area contributed by atoms with Gasteiger partial charge in [0.15, 0.2) is 0 Å². The van der Waals surface area contributed by atoms with Crippen LogP contribution in [0.4, 0.5) is 4.79 Å². The maximum absolute atomic E-state index is 12.7. The van der Waals surface area contributed by atoms with E-state index in [4.69, 9.17) is 4.74 Å². The quantitative estimate of drug-likeness (QED) is 0.765. The molecule has 0 aromatic heterocycles. The molecular formula is C19H25NO5. The summed E-state index contributed by atoms with van der Waals surface area (Å²) in [4.78, 5) is 38.3. The first kappa shape index (κ1) is 19.1. The SMILES string of the molecule is CC[C@@H](O)[C@H](C)C(=O)[C@H](C)C(=O)N1C(=O)OCC1Cc1ccccc1. The molecule has 1 aromatic carbocycles. The molecule has 25 heavy (non-hydrogen) atoms. The molecule has 4 atom stereocenters. The number of carbonyl (C=O) groups excluding carboxylic acids is 3. The number of imide groups is 1. The number of aliphatic hydroxyl groups excluding tert-OH is 1. The fraction of sp³-hybridized carbons (Fsp3) is 0.526. The van der Waals surface area contributed by atoms with Gasteiger partial charge in [-0.15, -0.1) is 0 Å². The topological polar surface area (TPSA) is 83.9 Å². The van der Waals surface area contributed by atoms with Crippen molar-refractivity contribution in [2.24, 2.45) is 11.8 Å². The van der Waals surface area contributed by atoms with Crippen LogP contribution in [-0.4, -0.2) is 46.5 Å². The van der Waals surface area contributed by atoms with Gasteiger partial charge in [-0.25, -0.2) is 9.69 Å². The Morgan fingerprint density at radius 1 is 1.28 bits per heavy atom. The molecule has 0 radical (unpaired) electrons. The van der Waals surface area contributed by atoms with E-state index in [0.717, 1.165) is 10.5 Å². The van der Waals surface area contributed by atoms with Crippen LogP contribution in [-0.2, 0) is 20.7 Å². The first-order chi connectivity index (χ1) is 11.9. The molecule has 1 fully saturated rings. The van der Waals surface area contributed by atoms with Gasteiger partial charge in [-0.1, -0.05) is 44.2 Å². The number of benzene rings is 1. The average Bonchev–Trinajstić information content (AvgIpc) is 2.99. The van der Waals surface area contributed by atoms with E-state index in [1.54, 1.807) is 13.8 Å². The molecule has 1 heterocycles. The molecule has 0 aliphatic carbocycles. The summed E-state index contributed by atoms with van der Waals surface area (Å²) in [5, 5.41) is 9.85. The molecule has 2 amide bonds. The lowest BCUT2D eigenvalue weighted by molar-refractivity contribution is -0.141. The zero-order chi connectivity index (χ0) is 18.6. The number of ketones is 1. The van der Waals surface area contributed by atoms with Crippen LogP contribution in [0.15, 0.2) is 30.3 Å². The Labute approximate surface area is 147 Å². The zero-order valence-corrected chi connectivity index (χ0v) is 14.8. The maximum atomic E-state index is 12.7. The molecule has 6 heteroatoms. The third-order valence-corrected chi connectivity index (χ3v) is 4.75. The molecule has 1 aromatic rings. The highest BCUT2D eigenvalue weighted by Gasteiger charge is 2.42. The van der Waals surface area contributed by atoms with E-state index in [9.17, 15) is 19.5 Å². The Bertz CT molecular complexity index is 630. The highest BCUT2D eigenvalue weighted by molar-refractivity contribution is 6.07. The van der Waals surface area contributed by atoms with Crippen molar-refractivity contribution in [2.75, 3.05) is 6.61 Å². The number of nitrogens with zero attached hydrogens (tertiary/aromatic N) is 1. The summed E-state index contributed by atoms with van der Waals surface area (Å²) in [6.07, 6.45) is -0.606. The number of hydrogen-bond acceptors (Lipinski definition) is 5. The molecule has 0 saturated carbocycles. The summed E-state index contributed by atoms with van der Waals surface area (Å²) < 4.78 is 5.04. The van der Waals surface area contributed by atoms with Gasteiger partial charge in [0, 0.05) is 5.92 Å². The van der Waals surface area contributed by atoms with Crippen molar-refractivity contribution in [3.05, 3.63) is 35.9 Å². The largest absolute Gasteiger partial charge is 0.447 e. The molecule has 136 valence electrons. The van der Waals surface area contributed by atoms with Gasteiger partial charge in [0.1, 0.15) is 12.4 Å². The summed E-state index contributed by atoms with van der Waals surface area (Å²) in [5.41, 5.74) is 0.984. The van der Waals surface area contributed by atoms with Crippen molar-refractivity contribution < 1.29 is 24.2 Å². The van der Waals surface area contributed by atoms with Crippen LogP contribution in [0.1, 0.15) is 32.8 Å². The summed E-state index contributed by atoms with van der Waals surface area (Å²) in [5.74, 6) is -2.59. The number of carbonyl (C=O) groups is 3. The lowest BCUT2D eigenvalue weighted by Gasteiger charge is -2.25. The van der Waals surface area contributed by atoms with E-state index in [-0.39, 0.29) is 12.4 Å². The number of aliphatic hydroxyl groups is 1. The normalized spacial score (nSPS) is 20.7. The molecule has 1 aliphatic heterocycles. The van der Waals surface area contributed by atoms with Crippen LogP contribution in [0.2, 0.25) is 0 Å². The van der Waals surface area contributed by atoms with Gasteiger partial charge in [-0.3, -0.25) is 9.59 Å².